The number of para-hydroxylation sites is 1. The summed E-state index contributed by atoms with van der Waals surface area (Å²) >= 11 is 0. The van der Waals surface area contributed by atoms with Gasteiger partial charge in [0.15, 0.2) is 0 Å². The molecule has 0 aliphatic rings. The van der Waals surface area contributed by atoms with E-state index in [1.54, 1.807) is 18.2 Å². The molecule has 0 spiro atoms. The van der Waals surface area contributed by atoms with E-state index < -0.39 is 16.0 Å². The third kappa shape index (κ3) is 3.81. The van der Waals surface area contributed by atoms with E-state index in [1.165, 1.54) is 37.3 Å². The smallest absolute Gasteiger partial charge is 0.301 e. The van der Waals surface area contributed by atoms with E-state index in [0.29, 0.717) is 0 Å². The first-order valence-corrected chi connectivity index (χ1v) is 7.90. The van der Waals surface area contributed by atoms with Crippen LogP contribution in [-0.2, 0) is 14.9 Å². The first-order chi connectivity index (χ1) is 10.4. The summed E-state index contributed by atoms with van der Waals surface area (Å²) in [6.45, 7) is 0.499. The Morgan fingerprint density at radius 2 is 2.14 bits per heavy atom. The van der Waals surface area contributed by atoms with Crippen LogP contribution in [0.3, 0.4) is 0 Å². The van der Waals surface area contributed by atoms with Crippen molar-refractivity contribution in [3.8, 4) is 5.69 Å². The number of benzene rings is 1. The number of hydrogen-bond donors (Lipinski definition) is 1. The van der Waals surface area contributed by atoms with Crippen molar-refractivity contribution in [3.63, 3.8) is 0 Å². The molecule has 1 N–H and O–H groups in total. The number of hydrogen-bond acceptors (Lipinski definition) is 4. The van der Waals surface area contributed by atoms with Crippen LogP contribution in [0, 0.1) is 5.82 Å². The van der Waals surface area contributed by atoms with Gasteiger partial charge in [-0.15, -0.1) is 0 Å². The molecule has 0 aliphatic heterocycles. The van der Waals surface area contributed by atoms with Crippen LogP contribution >= 0.6 is 0 Å². The highest BCUT2D eigenvalue weighted by molar-refractivity contribution is 7.90. The molecule has 1 heterocycles. The van der Waals surface area contributed by atoms with Crippen LogP contribution in [0.15, 0.2) is 36.7 Å². The molecule has 9 heteroatoms. The van der Waals surface area contributed by atoms with Gasteiger partial charge in [0.1, 0.15) is 11.5 Å². The Morgan fingerprint density at radius 1 is 1.41 bits per heavy atom. The van der Waals surface area contributed by atoms with Crippen LogP contribution in [0.25, 0.3) is 5.69 Å². The zero-order chi connectivity index (χ0) is 16.2. The molecule has 0 bridgehead atoms. The topological polar surface area (TPSA) is 76.5 Å². The molecule has 1 aromatic heterocycles. The summed E-state index contributed by atoms with van der Waals surface area (Å²) in [7, 11) is -0.783. The quantitative estimate of drug-likeness (QED) is 0.830. The van der Waals surface area contributed by atoms with Crippen molar-refractivity contribution in [1.82, 2.24) is 14.1 Å². The van der Waals surface area contributed by atoms with Crippen molar-refractivity contribution in [3.05, 3.63) is 42.5 Å². The summed E-state index contributed by atoms with van der Waals surface area (Å²) in [4.78, 5) is 0. The number of aromatic nitrogens is 2. The van der Waals surface area contributed by atoms with E-state index in [-0.39, 0.29) is 24.5 Å². The van der Waals surface area contributed by atoms with Crippen molar-refractivity contribution < 1.29 is 17.5 Å². The largest absolute Gasteiger partial charge is 0.383 e. The summed E-state index contributed by atoms with van der Waals surface area (Å²) in [6.07, 6.45) is 2.72. The second-order valence-corrected chi connectivity index (χ2v) is 6.32. The zero-order valence-corrected chi connectivity index (χ0v) is 13.0. The third-order valence-corrected chi connectivity index (χ3v) is 4.45. The van der Waals surface area contributed by atoms with Crippen molar-refractivity contribution in [1.29, 1.82) is 0 Å². The van der Waals surface area contributed by atoms with Crippen molar-refractivity contribution >= 4 is 15.9 Å². The van der Waals surface area contributed by atoms with Crippen LogP contribution in [0.2, 0.25) is 0 Å². The van der Waals surface area contributed by atoms with Crippen LogP contribution in [0.1, 0.15) is 0 Å². The van der Waals surface area contributed by atoms with Crippen molar-refractivity contribution in [2.45, 2.75) is 0 Å². The van der Waals surface area contributed by atoms with E-state index in [1.807, 2.05) is 0 Å². The monoisotopic (exact) mass is 328 g/mol. The fraction of sp³-hybridized carbons (Fsp3) is 0.308. The standard InChI is InChI=1S/C13H17FN4O3S/c1-17(7-8-21-2)22(19,20)16-11-9-15-18(10-11)13-6-4-3-5-12(13)14/h3-6,9-10,16H,7-8H2,1-2H3. The highest BCUT2D eigenvalue weighted by atomic mass is 32.2. The Balaban J connectivity index is 2.14. The lowest BCUT2D eigenvalue weighted by atomic mass is 10.3. The number of rotatable bonds is 7. The van der Waals surface area contributed by atoms with Gasteiger partial charge in [-0.05, 0) is 12.1 Å². The molecule has 2 rings (SSSR count). The zero-order valence-electron chi connectivity index (χ0n) is 12.2. The molecule has 0 fully saturated rings. The Morgan fingerprint density at radius 3 is 2.82 bits per heavy atom. The summed E-state index contributed by atoms with van der Waals surface area (Å²) < 4.78 is 47.4. The predicted octanol–water partition coefficient (Wildman–Crippen LogP) is 1.25. The van der Waals surface area contributed by atoms with E-state index in [2.05, 4.69) is 9.82 Å². The number of anilines is 1. The lowest BCUT2D eigenvalue weighted by molar-refractivity contribution is 0.185. The van der Waals surface area contributed by atoms with Crippen molar-refractivity contribution in [2.24, 2.45) is 0 Å². The first-order valence-electron chi connectivity index (χ1n) is 6.46. The van der Waals surface area contributed by atoms with E-state index >= 15 is 0 Å². The Labute approximate surface area is 128 Å². The molecule has 0 saturated heterocycles. The number of likely N-dealkylation sites (N-methyl/N-ethyl adjacent to an activating group) is 1. The van der Waals surface area contributed by atoms with Crippen LogP contribution < -0.4 is 4.72 Å². The normalized spacial score (nSPS) is 11.8. The maximum absolute atomic E-state index is 13.7. The van der Waals surface area contributed by atoms with Gasteiger partial charge in [-0.25, -0.2) is 9.07 Å². The minimum atomic E-state index is -3.71. The molecule has 1 aromatic carbocycles. The van der Waals surface area contributed by atoms with Gasteiger partial charge in [-0.3, -0.25) is 4.72 Å². The number of ether oxygens (including phenoxy) is 1. The predicted molar refractivity (Wildman–Crippen MR) is 80.6 cm³/mol. The highest BCUT2D eigenvalue weighted by Crippen LogP contribution is 2.16. The molecule has 0 aliphatic carbocycles. The molecule has 0 amide bonds. The molecule has 0 unspecified atom stereocenters. The third-order valence-electron chi connectivity index (χ3n) is 2.95. The molecule has 120 valence electrons. The van der Waals surface area contributed by atoms with Gasteiger partial charge in [-0.1, -0.05) is 12.1 Å². The number of halogens is 1. The van der Waals surface area contributed by atoms with E-state index in [9.17, 15) is 12.8 Å². The molecule has 7 nitrogen and oxygen atoms in total. The maximum atomic E-state index is 13.7. The summed E-state index contributed by atoms with van der Waals surface area (Å²) in [5, 5.41) is 3.96. The highest BCUT2D eigenvalue weighted by Gasteiger charge is 2.18. The minimum Gasteiger partial charge on any atom is -0.383 e. The fourth-order valence-electron chi connectivity index (χ4n) is 1.71. The Bertz CT molecular complexity index is 732. The van der Waals surface area contributed by atoms with Gasteiger partial charge in [0.2, 0.25) is 0 Å². The minimum absolute atomic E-state index is 0.216. The molecule has 0 saturated carbocycles. The van der Waals surface area contributed by atoms with Gasteiger partial charge in [0, 0.05) is 20.7 Å². The summed E-state index contributed by atoms with van der Waals surface area (Å²) in [5.74, 6) is -0.447. The van der Waals surface area contributed by atoms with Crippen LogP contribution in [0.4, 0.5) is 10.1 Å². The number of methoxy groups -OCH3 is 1. The second-order valence-electron chi connectivity index (χ2n) is 4.55. The number of nitrogens with zero attached hydrogens (tertiary/aromatic N) is 3. The maximum Gasteiger partial charge on any atom is 0.301 e. The molecule has 0 radical (unpaired) electrons. The average Bonchev–Trinajstić information content (AvgIpc) is 2.92. The van der Waals surface area contributed by atoms with Crippen LogP contribution in [0.5, 0.6) is 0 Å². The Kier molecular flexibility index (Phi) is 5.11. The van der Waals surface area contributed by atoms with E-state index in [4.69, 9.17) is 4.74 Å². The van der Waals surface area contributed by atoms with Gasteiger partial charge in [-0.2, -0.15) is 17.8 Å². The van der Waals surface area contributed by atoms with Gasteiger partial charge in [0.25, 0.3) is 0 Å². The second kappa shape index (κ2) is 6.86. The molecule has 22 heavy (non-hydrogen) atoms. The van der Waals surface area contributed by atoms with Gasteiger partial charge >= 0.3 is 10.2 Å². The Hall–Kier alpha value is -1.97. The fourth-order valence-corrected chi connectivity index (χ4v) is 2.59. The molecule has 0 atom stereocenters. The van der Waals surface area contributed by atoms with Crippen molar-refractivity contribution in [2.75, 3.05) is 32.0 Å². The van der Waals surface area contributed by atoms with E-state index in [0.717, 1.165) is 4.31 Å². The lowest BCUT2D eigenvalue weighted by Gasteiger charge is -2.16. The first kappa shape index (κ1) is 16.4. The SMILES string of the molecule is COCCN(C)S(=O)(=O)Nc1cnn(-c2ccccc2F)c1. The molecular weight excluding hydrogens is 311 g/mol. The van der Waals surface area contributed by atoms with Crippen LogP contribution in [-0.4, -0.2) is 49.8 Å². The van der Waals surface area contributed by atoms with Gasteiger partial charge < -0.3 is 4.74 Å². The summed E-state index contributed by atoms with van der Waals surface area (Å²) in [5.41, 5.74) is 0.480. The van der Waals surface area contributed by atoms with Gasteiger partial charge in [0.05, 0.1) is 24.7 Å². The summed E-state index contributed by atoms with van der Waals surface area (Å²) in [6, 6.07) is 6.09. The average molecular weight is 328 g/mol. The lowest BCUT2D eigenvalue weighted by Crippen LogP contribution is -2.34. The molecular formula is C13H17FN4O3S. The molecule has 2 aromatic rings. The number of nitrogens with one attached hydrogen (secondary N) is 1.